The molecule has 0 saturated heterocycles. The van der Waals surface area contributed by atoms with Crippen molar-refractivity contribution in [3.05, 3.63) is 98.0 Å². The Bertz CT molecular complexity index is 1340. The van der Waals surface area contributed by atoms with Crippen LogP contribution in [-0.2, 0) is 9.59 Å². The minimum atomic E-state index is -1.11. The van der Waals surface area contributed by atoms with Crippen LogP contribution in [-0.4, -0.2) is 30.8 Å². The first-order valence-corrected chi connectivity index (χ1v) is 11.4. The highest BCUT2D eigenvalue weighted by Crippen LogP contribution is 2.43. The lowest BCUT2D eigenvalue weighted by atomic mass is 9.75. The molecule has 0 radical (unpaired) electrons. The van der Waals surface area contributed by atoms with E-state index in [2.05, 4.69) is 21.2 Å². The first kappa shape index (κ1) is 24.2. The normalized spacial score (nSPS) is 16.9. The molecule has 0 bridgehead atoms. The van der Waals surface area contributed by atoms with Crippen molar-refractivity contribution in [1.82, 2.24) is 0 Å². The fraction of sp³-hybridized carbons (Fsp3) is 0.154. The molecule has 0 spiro atoms. The van der Waals surface area contributed by atoms with Crippen molar-refractivity contribution in [3.8, 4) is 11.5 Å². The summed E-state index contributed by atoms with van der Waals surface area (Å²) in [5.74, 6) is -1.71. The summed E-state index contributed by atoms with van der Waals surface area (Å²) in [5, 5.41) is 14.2. The number of methoxy groups -OCH3 is 2. The molecule has 178 valence electrons. The molecule has 1 aliphatic heterocycles. The van der Waals surface area contributed by atoms with Crippen molar-refractivity contribution in [2.24, 2.45) is 5.92 Å². The molecule has 1 aliphatic rings. The van der Waals surface area contributed by atoms with E-state index < -0.39 is 28.4 Å². The Kier molecular flexibility index (Phi) is 6.97. The lowest BCUT2D eigenvalue weighted by Gasteiger charge is -2.32. The van der Waals surface area contributed by atoms with Gasteiger partial charge in [-0.05, 0) is 56.9 Å². The van der Waals surface area contributed by atoms with Crippen molar-refractivity contribution in [3.63, 3.8) is 0 Å². The van der Waals surface area contributed by atoms with Gasteiger partial charge >= 0.3 is 0 Å². The molecule has 2 atom stereocenters. The number of nitrogens with one attached hydrogen (secondary N) is 1. The van der Waals surface area contributed by atoms with Gasteiger partial charge in [-0.15, -0.1) is 0 Å². The van der Waals surface area contributed by atoms with Crippen LogP contribution in [0, 0.1) is 16.0 Å². The van der Waals surface area contributed by atoms with Crippen LogP contribution < -0.4 is 14.8 Å². The molecule has 0 saturated carbocycles. The van der Waals surface area contributed by atoms with Crippen molar-refractivity contribution in [2.75, 3.05) is 19.5 Å². The molecule has 1 N–H and O–H groups in total. The number of anilines is 1. The molecular formula is C26H21BrN2O6. The first-order valence-electron chi connectivity index (χ1n) is 10.6. The molecular weight excluding hydrogens is 516 g/mol. The van der Waals surface area contributed by atoms with E-state index in [9.17, 15) is 19.7 Å². The van der Waals surface area contributed by atoms with Crippen molar-refractivity contribution < 1.29 is 24.0 Å². The minimum Gasteiger partial charge on any atom is -0.493 e. The van der Waals surface area contributed by atoms with Crippen molar-refractivity contribution in [1.29, 1.82) is 0 Å². The Morgan fingerprint density at radius 1 is 1.09 bits per heavy atom. The highest BCUT2D eigenvalue weighted by atomic mass is 79.9. The number of ether oxygens (including phenoxy) is 2. The summed E-state index contributed by atoms with van der Waals surface area (Å²) < 4.78 is 11.3. The third-order valence-electron chi connectivity index (χ3n) is 5.86. The van der Waals surface area contributed by atoms with Crippen LogP contribution in [0.3, 0.4) is 0 Å². The van der Waals surface area contributed by atoms with Gasteiger partial charge in [0.05, 0.1) is 23.6 Å². The van der Waals surface area contributed by atoms with Crippen LogP contribution in [0.2, 0.25) is 0 Å². The van der Waals surface area contributed by atoms with Crippen LogP contribution in [0.5, 0.6) is 11.5 Å². The number of fused-ring (bicyclic) bond motifs is 1. The number of rotatable bonds is 7. The summed E-state index contributed by atoms with van der Waals surface area (Å²) in [7, 11) is 3.03. The number of nitrogens with zero attached hydrogens (tertiary/aromatic N) is 1. The Hall–Kier alpha value is -3.98. The number of ketones is 1. The average molecular weight is 537 g/mol. The van der Waals surface area contributed by atoms with Crippen molar-refractivity contribution >= 4 is 45.1 Å². The van der Waals surface area contributed by atoms with Gasteiger partial charge in [-0.2, -0.15) is 0 Å². The molecule has 9 heteroatoms. The number of carbonyl (C=O) groups is 2. The smallest absolute Gasteiger partial charge is 0.269 e. The van der Waals surface area contributed by atoms with Gasteiger partial charge in [-0.25, -0.2) is 0 Å². The maximum absolute atomic E-state index is 13.4. The third kappa shape index (κ3) is 4.67. The van der Waals surface area contributed by atoms with Gasteiger partial charge in [0.25, 0.3) is 5.69 Å². The standard InChI is InChI=1S/C26H21BrN2O6/c1-34-21-13-9-16(24(27)25(21)35-2)8-12-20(30)23-22(15-6-4-3-5-7-15)18-14-17(29(32)33)10-11-19(18)28-26(23)31/h3-14,22-23H,1-2H3,(H,28,31)/b12-8+/t22-,23-/m0/s1. The van der Waals surface area contributed by atoms with Gasteiger partial charge in [-0.3, -0.25) is 19.7 Å². The predicted octanol–water partition coefficient (Wildman–Crippen LogP) is 5.36. The monoisotopic (exact) mass is 536 g/mol. The zero-order valence-corrected chi connectivity index (χ0v) is 20.4. The van der Waals surface area contributed by atoms with Gasteiger partial charge in [0.1, 0.15) is 5.92 Å². The topological polar surface area (TPSA) is 108 Å². The molecule has 0 unspecified atom stereocenters. The van der Waals surface area contributed by atoms with E-state index >= 15 is 0 Å². The number of hydrogen-bond donors (Lipinski definition) is 1. The van der Waals surface area contributed by atoms with Gasteiger partial charge in [0, 0.05) is 23.7 Å². The largest absolute Gasteiger partial charge is 0.493 e. The number of allylic oxidation sites excluding steroid dienone is 1. The van der Waals surface area contributed by atoms with E-state index in [1.54, 1.807) is 42.5 Å². The molecule has 1 heterocycles. The number of halogens is 1. The SMILES string of the molecule is COc1ccc(/C=C/C(=O)[C@@H]2C(=O)Nc3ccc([N+](=O)[O-])cc3[C@@H]2c2ccccc2)c(Br)c1OC. The van der Waals surface area contributed by atoms with E-state index in [1.165, 1.54) is 38.5 Å². The zero-order valence-electron chi connectivity index (χ0n) is 18.9. The summed E-state index contributed by atoms with van der Waals surface area (Å²) in [6.07, 6.45) is 2.93. The highest BCUT2D eigenvalue weighted by Gasteiger charge is 2.41. The molecule has 0 fully saturated rings. The highest BCUT2D eigenvalue weighted by molar-refractivity contribution is 9.10. The second-order valence-electron chi connectivity index (χ2n) is 7.82. The summed E-state index contributed by atoms with van der Waals surface area (Å²) in [6, 6.07) is 16.8. The fourth-order valence-corrected chi connectivity index (χ4v) is 4.83. The van der Waals surface area contributed by atoms with Crippen LogP contribution in [0.25, 0.3) is 6.08 Å². The second-order valence-corrected chi connectivity index (χ2v) is 8.62. The lowest BCUT2D eigenvalue weighted by Crippen LogP contribution is -2.38. The zero-order chi connectivity index (χ0) is 25.1. The van der Waals surface area contributed by atoms with Gasteiger partial charge in [-0.1, -0.05) is 36.4 Å². The number of non-ortho nitro benzene ring substituents is 1. The molecule has 0 aliphatic carbocycles. The van der Waals surface area contributed by atoms with Gasteiger partial charge in [0.2, 0.25) is 5.91 Å². The minimum absolute atomic E-state index is 0.114. The molecule has 1 amide bonds. The van der Waals surface area contributed by atoms with Crippen LogP contribution in [0.15, 0.2) is 71.2 Å². The van der Waals surface area contributed by atoms with E-state index in [0.29, 0.717) is 38.3 Å². The number of carbonyl (C=O) groups excluding carboxylic acids is 2. The van der Waals surface area contributed by atoms with Crippen molar-refractivity contribution in [2.45, 2.75) is 5.92 Å². The van der Waals surface area contributed by atoms with Crippen LogP contribution in [0.4, 0.5) is 11.4 Å². The first-order chi connectivity index (χ1) is 16.8. The number of amides is 1. The summed E-state index contributed by atoms with van der Waals surface area (Å²) in [6.45, 7) is 0. The predicted molar refractivity (Wildman–Crippen MR) is 135 cm³/mol. The molecule has 4 rings (SSSR count). The van der Waals surface area contributed by atoms with Crippen LogP contribution in [0.1, 0.15) is 22.6 Å². The van der Waals surface area contributed by atoms with Gasteiger partial charge in [0.15, 0.2) is 17.3 Å². The number of hydrogen-bond acceptors (Lipinski definition) is 6. The maximum Gasteiger partial charge on any atom is 0.269 e. The molecule has 8 nitrogen and oxygen atoms in total. The maximum atomic E-state index is 13.4. The quantitative estimate of drug-likeness (QED) is 0.188. The molecule has 3 aromatic rings. The number of benzene rings is 3. The molecule has 35 heavy (non-hydrogen) atoms. The Balaban J connectivity index is 1.76. The van der Waals surface area contributed by atoms with E-state index in [4.69, 9.17) is 9.47 Å². The Labute approximate surface area is 209 Å². The Morgan fingerprint density at radius 2 is 1.83 bits per heavy atom. The second kappa shape index (κ2) is 10.1. The summed E-state index contributed by atoms with van der Waals surface area (Å²) in [5.41, 5.74) is 2.22. The van der Waals surface area contributed by atoms with Gasteiger partial charge < -0.3 is 14.8 Å². The van der Waals surface area contributed by atoms with E-state index in [-0.39, 0.29) is 5.69 Å². The van der Waals surface area contributed by atoms with Crippen LogP contribution >= 0.6 is 15.9 Å². The van der Waals surface area contributed by atoms with E-state index in [1.807, 2.05) is 6.07 Å². The number of nitro benzene ring substituents is 1. The molecule has 3 aromatic carbocycles. The summed E-state index contributed by atoms with van der Waals surface area (Å²) in [4.78, 5) is 37.5. The Morgan fingerprint density at radius 3 is 2.49 bits per heavy atom. The molecule has 0 aromatic heterocycles. The number of nitro groups is 1. The third-order valence-corrected chi connectivity index (χ3v) is 6.68. The summed E-state index contributed by atoms with van der Waals surface area (Å²) >= 11 is 3.47. The average Bonchev–Trinajstić information content (AvgIpc) is 2.86. The van der Waals surface area contributed by atoms with E-state index in [0.717, 1.165) is 0 Å². The lowest BCUT2D eigenvalue weighted by molar-refractivity contribution is -0.384. The fourth-order valence-electron chi connectivity index (χ4n) is 4.21.